The highest BCUT2D eigenvalue weighted by Gasteiger charge is 2.70. The number of rotatable bonds is 4. The Morgan fingerprint density at radius 2 is 1.51 bits per heavy atom. The summed E-state index contributed by atoms with van der Waals surface area (Å²) in [6.07, 6.45) is 9.57. The molecule has 0 aliphatic heterocycles. The van der Waals surface area contributed by atoms with Crippen molar-refractivity contribution >= 4 is 23.7 Å². The first-order valence-corrected chi connectivity index (χ1v) is 18.2. The van der Waals surface area contributed by atoms with Gasteiger partial charge in [0.1, 0.15) is 12.2 Å². The predicted molar refractivity (Wildman–Crippen MR) is 184 cm³/mol. The van der Waals surface area contributed by atoms with Gasteiger partial charge in [0.2, 0.25) is 0 Å². The summed E-state index contributed by atoms with van der Waals surface area (Å²) in [5, 5.41) is 6.71. The highest BCUT2D eigenvalue weighted by Crippen LogP contribution is 2.75. The molecule has 2 N–H and O–H groups in total. The largest absolute Gasteiger partial charge is 0.459 e. The number of carbonyl (C=O) groups is 3. The fourth-order valence-corrected chi connectivity index (χ4v) is 12.4. The second-order valence-electron chi connectivity index (χ2n) is 17.5. The molecule has 258 valence electrons. The van der Waals surface area contributed by atoms with Gasteiger partial charge in [-0.2, -0.15) is 0 Å². The van der Waals surface area contributed by atoms with Crippen molar-refractivity contribution in [1.29, 1.82) is 0 Å². The fourth-order valence-electron chi connectivity index (χ4n) is 12.4. The van der Waals surface area contributed by atoms with E-state index in [2.05, 4.69) is 65.2 Å². The van der Waals surface area contributed by atoms with Crippen LogP contribution < -0.4 is 10.6 Å². The molecule has 7 nitrogen and oxygen atoms in total. The zero-order chi connectivity index (χ0) is 34.2. The van der Waals surface area contributed by atoms with Crippen molar-refractivity contribution in [1.82, 2.24) is 5.32 Å². The second-order valence-corrected chi connectivity index (χ2v) is 17.5. The summed E-state index contributed by atoms with van der Waals surface area (Å²) in [7, 11) is 0. The van der Waals surface area contributed by atoms with E-state index in [9.17, 15) is 14.4 Å². The maximum Gasteiger partial charge on any atom is 0.319 e. The number of amides is 2. The van der Waals surface area contributed by atoms with E-state index >= 15 is 0 Å². The molecule has 0 unspecified atom stereocenters. The minimum absolute atomic E-state index is 0.0191. The minimum Gasteiger partial charge on any atom is -0.459 e. The molecule has 1 aromatic carbocycles. The number of urea groups is 1. The lowest BCUT2D eigenvalue weighted by atomic mass is 9.33. The van der Waals surface area contributed by atoms with Crippen LogP contribution in [0, 0.1) is 51.2 Å². The van der Waals surface area contributed by atoms with Crippen molar-refractivity contribution in [2.45, 2.75) is 131 Å². The Balaban J connectivity index is 1.37. The van der Waals surface area contributed by atoms with Crippen LogP contribution in [0.25, 0.3) is 0 Å². The van der Waals surface area contributed by atoms with Crippen LogP contribution >= 0.6 is 0 Å². The van der Waals surface area contributed by atoms with Crippen LogP contribution in [0.5, 0.6) is 0 Å². The Hall–Kier alpha value is -2.83. The molecule has 0 bridgehead atoms. The Morgan fingerprint density at radius 3 is 2.17 bits per heavy atom. The number of fused-ring (bicyclic) bond motifs is 7. The summed E-state index contributed by atoms with van der Waals surface area (Å²) < 4.78 is 12.0. The quantitative estimate of drug-likeness (QED) is 0.252. The summed E-state index contributed by atoms with van der Waals surface area (Å²) in [5.41, 5.74) is 1.66. The van der Waals surface area contributed by atoms with Crippen LogP contribution in [0.1, 0.15) is 114 Å². The third kappa shape index (κ3) is 5.24. The van der Waals surface area contributed by atoms with Crippen LogP contribution in [-0.2, 0) is 19.1 Å². The molecule has 5 aliphatic rings. The van der Waals surface area contributed by atoms with Gasteiger partial charge in [0.05, 0.1) is 0 Å². The molecule has 4 saturated carbocycles. The molecule has 0 spiro atoms. The predicted octanol–water partition coefficient (Wildman–Crippen LogP) is 8.69. The van der Waals surface area contributed by atoms with Gasteiger partial charge in [-0.3, -0.25) is 9.59 Å². The maximum absolute atomic E-state index is 13.6. The van der Waals surface area contributed by atoms with Crippen LogP contribution in [0.2, 0.25) is 0 Å². The molecule has 5 aliphatic carbocycles. The molecule has 0 radical (unpaired) electrons. The second kappa shape index (κ2) is 11.7. The smallest absolute Gasteiger partial charge is 0.319 e. The monoisotopic (exact) mass is 646 g/mol. The van der Waals surface area contributed by atoms with Crippen molar-refractivity contribution < 1.29 is 23.9 Å². The summed E-state index contributed by atoms with van der Waals surface area (Å²) in [4.78, 5) is 38.3. The number of carbonyl (C=O) groups excluding carboxylic acids is 3. The lowest BCUT2D eigenvalue weighted by Gasteiger charge is -2.72. The molecular weight excluding hydrogens is 588 g/mol. The van der Waals surface area contributed by atoms with Crippen molar-refractivity contribution in [2.75, 3.05) is 5.32 Å². The lowest BCUT2D eigenvalue weighted by Crippen LogP contribution is -2.69. The van der Waals surface area contributed by atoms with Gasteiger partial charge in [0, 0.05) is 36.4 Å². The first kappa shape index (κ1) is 34.0. The van der Waals surface area contributed by atoms with Gasteiger partial charge in [-0.1, -0.05) is 78.3 Å². The van der Waals surface area contributed by atoms with E-state index in [0.29, 0.717) is 30.1 Å². The fraction of sp³-hybridized carbons (Fsp3) is 0.725. The van der Waals surface area contributed by atoms with Crippen LogP contribution in [-0.4, -0.2) is 35.7 Å². The van der Waals surface area contributed by atoms with E-state index < -0.39 is 12.2 Å². The van der Waals surface area contributed by atoms with Crippen molar-refractivity contribution in [3.63, 3.8) is 0 Å². The molecule has 6 rings (SSSR count). The molecule has 1 aromatic rings. The first-order chi connectivity index (χ1) is 22.0. The van der Waals surface area contributed by atoms with Gasteiger partial charge in [-0.15, -0.1) is 0 Å². The summed E-state index contributed by atoms with van der Waals surface area (Å²) >= 11 is 0. The van der Waals surface area contributed by atoms with E-state index in [1.54, 1.807) is 5.57 Å². The Kier molecular flexibility index (Phi) is 8.44. The summed E-state index contributed by atoms with van der Waals surface area (Å²) in [6.45, 7) is 19.7. The molecule has 0 aromatic heterocycles. The number of hydrogen-bond acceptors (Lipinski definition) is 5. The summed E-state index contributed by atoms with van der Waals surface area (Å²) in [6, 6.07) is 9.63. The molecule has 0 saturated heterocycles. The molecule has 7 heteroatoms. The average molecular weight is 647 g/mol. The number of benzene rings is 1. The van der Waals surface area contributed by atoms with Crippen molar-refractivity contribution in [3.8, 4) is 0 Å². The third-order valence-corrected chi connectivity index (χ3v) is 14.9. The molecule has 11 atom stereocenters. The molecule has 2 amide bonds. The van der Waals surface area contributed by atoms with Gasteiger partial charge in [0.15, 0.2) is 0 Å². The number of ether oxygens (including phenoxy) is 2. The normalized spacial score (nSPS) is 43.4. The highest BCUT2D eigenvalue weighted by molar-refractivity contribution is 5.89. The molecule has 0 heterocycles. The van der Waals surface area contributed by atoms with Gasteiger partial charge in [0.25, 0.3) is 0 Å². The van der Waals surface area contributed by atoms with Gasteiger partial charge in [-0.25, -0.2) is 4.79 Å². The number of allylic oxidation sites excluding steroid dienone is 1. The van der Waals surface area contributed by atoms with Crippen LogP contribution in [0.15, 0.2) is 42.0 Å². The maximum atomic E-state index is 13.6. The zero-order valence-corrected chi connectivity index (χ0v) is 30.2. The first-order valence-electron chi connectivity index (χ1n) is 18.2. The molecule has 47 heavy (non-hydrogen) atoms. The zero-order valence-electron chi connectivity index (χ0n) is 30.2. The van der Waals surface area contributed by atoms with Crippen molar-refractivity contribution in [2.24, 2.45) is 51.2 Å². The number of nitrogens with one attached hydrogen (secondary N) is 2. The molecular formula is C40H58N2O5. The van der Waals surface area contributed by atoms with Gasteiger partial charge >= 0.3 is 18.0 Å². The van der Waals surface area contributed by atoms with Gasteiger partial charge in [-0.05, 0) is 103 Å². The number of para-hydroxylation sites is 1. The number of anilines is 1. The lowest BCUT2D eigenvalue weighted by molar-refractivity contribution is -0.243. The number of esters is 2. The standard InChI is InChI=1S/C40H58N2O5/c1-24-17-20-40(42-35(45)41-28-13-11-10-12-14-28)22-21-38(8)29(33(40)25(24)2)15-16-32-37(7)23-30(46-26(3)43)34(47-27(4)44)36(5,6)31(37)18-19-39(32,38)9/h10-15,24-25,30-34H,16-23H2,1-9H3,(H2,41,42,45)/t24-,25+,30+,31+,32-,33+,34+,37+,38-,39-,40+/m1/s1. The van der Waals surface area contributed by atoms with Gasteiger partial charge < -0.3 is 20.1 Å². The van der Waals surface area contributed by atoms with E-state index in [1.807, 2.05) is 30.3 Å². The summed E-state index contributed by atoms with van der Waals surface area (Å²) in [5.74, 6) is 1.36. The van der Waals surface area contributed by atoms with Crippen molar-refractivity contribution in [3.05, 3.63) is 42.0 Å². The van der Waals surface area contributed by atoms with Crippen LogP contribution in [0.3, 0.4) is 0 Å². The minimum atomic E-state index is -0.473. The van der Waals surface area contributed by atoms with E-state index in [-0.39, 0.29) is 51.1 Å². The Labute approximate surface area is 282 Å². The average Bonchev–Trinajstić information content (AvgIpc) is 2.98. The Morgan fingerprint density at radius 1 is 0.830 bits per heavy atom. The SMILES string of the molecule is CC(=O)O[C@H]1C[C@]2(C)[C@H]3CC=C4[C@@H]5[C@@H](C)[C@H](C)CC[C@]5(NC(=O)Nc5ccccc5)CC[C@@]4(C)[C@]3(C)CC[C@H]2C(C)(C)[C@H]1OC(C)=O. The highest BCUT2D eigenvalue weighted by atomic mass is 16.6. The van der Waals surface area contributed by atoms with E-state index in [4.69, 9.17) is 9.47 Å². The van der Waals surface area contributed by atoms with E-state index in [0.717, 1.165) is 50.6 Å². The number of hydrogen-bond donors (Lipinski definition) is 2. The van der Waals surface area contributed by atoms with Crippen LogP contribution in [0.4, 0.5) is 10.5 Å². The Bertz CT molecular complexity index is 1440. The third-order valence-electron chi connectivity index (χ3n) is 14.9. The topological polar surface area (TPSA) is 93.7 Å². The molecule has 4 fully saturated rings. The van der Waals surface area contributed by atoms with E-state index in [1.165, 1.54) is 13.8 Å².